The maximum atomic E-state index is 13.2. The quantitative estimate of drug-likeness (QED) is 0.572. The fourth-order valence-corrected chi connectivity index (χ4v) is 6.18. The van der Waals surface area contributed by atoms with Crippen LogP contribution in [0.25, 0.3) is 0 Å². The molecule has 1 aromatic rings. The lowest BCUT2D eigenvalue weighted by Gasteiger charge is -2.32. The SMILES string of the molecule is COc1ccc(NC(=O)CN2CCCC(CCC(N)=O)C2)cc1S(=O)(=O)N1CCCCC1. The van der Waals surface area contributed by atoms with Crippen LogP contribution in [0.1, 0.15) is 44.9 Å². The molecule has 0 radical (unpaired) electrons. The number of amides is 2. The zero-order valence-corrected chi connectivity index (χ0v) is 19.5. The van der Waals surface area contributed by atoms with E-state index in [1.165, 1.54) is 17.5 Å². The fraction of sp³-hybridized carbons (Fsp3) is 0.636. The molecule has 0 bridgehead atoms. The number of piperidine rings is 2. The molecule has 3 N–H and O–H groups in total. The summed E-state index contributed by atoms with van der Waals surface area (Å²) in [6.07, 6.45) is 5.81. The van der Waals surface area contributed by atoms with Crippen molar-refractivity contribution in [3.8, 4) is 5.75 Å². The number of sulfonamides is 1. The minimum atomic E-state index is -3.70. The van der Waals surface area contributed by atoms with Crippen LogP contribution in [0.4, 0.5) is 5.69 Å². The van der Waals surface area contributed by atoms with Gasteiger partial charge in [-0.05, 0) is 62.8 Å². The standard InChI is InChI=1S/C22H34N4O5S/c1-31-19-9-8-18(14-20(19)32(29,30)26-12-3-2-4-13-26)24-22(28)16-25-11-5-6-17(15-25)7-10-21(23)27/h8-9,14,17H,2-7,10-13,15-16H2,1H3,(H2,23,27)(H,24,28). The van der Waals surface area contributed by atoms with Crippen LogP contribution in [-0.2, 0) is 19.6 Å². The third-order valence-electron chi connectivity index (χ3n) is 6.15. The largest absolute Gasteiger partial charge is 0.495 e. The van der Waals surface area contributed by atoms with Crippen molar-refractivity contribution in [2.75, 3.05) is 45.2 Å². The molecule has 10 heteroatoms. The number of ether oxygens (including phenoxy) is 1. The number of carbonyl (C=O) groups is 2. The zero-order valence-electron chi connectivity index (χ0n) is 18.7. The highest BCUT2D eigenvalue weighted by Crippen LogP contribution is 2.31. The Morgan fingerprint density at radius 1 is 1.16 bits per heavy atom. The molecule has 2 saturated heterocycles. The van der Waals surface area contributed by atoms with Gasteiger partial charge in [0.2, 0.25) is 21.8 Å². The van der Waals surface area contributed by atoms with Gasteiger partial charge in [-0.25, -0.2) is 8.42 Å². The first-order chi connectivity index (χ1) is 15.3. The second-order valence-electron chi connectivity index (χ2n) is 8.63. The van der Waals surface area contributed by atoms with Crippen molar-refractivity contribution in [3.05, 3.63) is 18.2 Å². The van der Waals surface area contributed by atoms with Crippen molar-refractivity contribution in [3.63, 3.8) is 0 Å². The van der Waals surface area contributed by atoms with Crippen LogP contribution in [0.3, 0.4) is 0 Å². The second kappa shape index (κ2) is 11.1. The summed E-state index contributed by atoms with van der Waals surface area (Å²) in [5, 5.41) is 2.83. The fourth-order valence-electron chi connectivity index (χ4n) is 4.48. The summed E-state index contributed by atoms with van der Waals surface area (Å²) in [6, 6.07) is 4.71. The number of hydrogen-bond donors (Lipinski definition) is 2. The minimum Gasteiger partial charge on any atom is -0.495 e. The molecular formula is C22H34N4O5S. The van der Waals surface area contributed by atoms with E-state index in [1.807, 2.05) is 0 Å². The van der Waals surface area contributed by atoms with Crippen molar-refractivity contribution in [1.29, 1.82) is 0 Å². The lowest BCUT2D eigenvalue weighted by atomic mass is 9.93. The number of carbonyl (C=O) groups excluding carboxylic acids is 2. The van der Waals surface area contributed by atoms with E-state index >= 15 is 0 Å². The van der Waals surface area contributed by atoms with E-state index in [-0.39, 0.29) is 29.0 Å². The first kappa shape index (κ1) is 24.5. The normalized spacial score (nSPS) is 20.6. The Labute approximate surface area is 190 Å². The summed E-state index contributed by atoms with van der Waals surface area (Å²) in [6.45, 7) is 2.77. The van der Waals surface area contributed by atoms with Crippen molar-refractivity contribution in [1.82, 2.24) is 9.21 Å². The average Bonchev–Trinajstić information content (AvgIpc) is 2.78. The third-order valence-corrected chi connectivity index (χ3v) is 8.07. The monoisotopic (exact) mass is 466 g/mol. The van der Waals surface area contributed by atoms with E-state index in [2.05, 4.69) is 10.2 Å². The smallest absolute Gasteiger partial charge is 0.246 e. The number of nitrogens with zero attached hydrogens (tertiary/aromatic N) is 2. The predicted molar refractivity (Wildman–Crippen MR) is 122 cm³/mol. The first-order valence-electron chi connectivity index (χ1n) is 11.3. The molecule has 0 aromatic heterocycles. The molecule has 9 nitrogen and oxygen atoms in total. The number of nitrogens with one attached hydrogen (secondary N) is 1. The highest BCUT2D eigenvalue weighted by Gasteiger charge is 2.29. The van der Waals surface area contributed by atoms with Gasteiger partial charge >= 0.3 is 0 Å². The number of rotatable bonds is 9. The van der Waals surface area contributed by atoms with Gasteiger partial charge in [0.25, 0.3) is 0 Å². The van der Waals surface area contributed by atoms with Crippen molar-refractivity contribution in [2.24, 2.45) is 11.7 Å². The Balaban J connectivity index is 1.65. The molecule has 2 aliphatic heterocycles. The molecule has 0 saturated carbocycles. The first-order valence-corrected chi connectivity index (χ1v) is 12.7. The molecule has 1 aromatic carbocycles. The maximum absolute atomic E-state index is 13.2. The van der Waals surface area contributed by atoms with Crippen LogP contribution >= 0.6 is 0 Å². The number of anilines is 1. The van der Waals surface area contributed by atoms with Gasteiger partial charge in [-0.1, -0.05) is 6.42 Å². The molecule has 0 spiro atoms. The Morgan fingerprint density at radius 2 is 1.91 bits per heavy atom. The van der Waals surface area contributed by atoms with Crippen LogP contribution < -0.4 is 15.8 Å². The molecular weight excluding hydrogens is 432 g/mol. The van der Waals surface area contributed by atoms with Gasteiger partial charge in [0.15, 0.2) is 0 Å². The number of primary amides is 1. The van der Waals surface area contributed by atoms with Gasteiger partial charge in [0, 0.05) is 31.7 Å². The summed E-state index contributed by atoms with van der Waals surface area (Å²) in [7, 11) is -2.26. The van der Waals surface area contributed by atoms with E-state index in [1.54, 1.807) is 12.1 Å². The molecule has 178 valence electrons. The molecule has 3 rings (SSSR count). The number of nitrogens with two attached hydrogens (primary N) is 1. The van der Waals surface area contributed by atoms with Crippen molar-refractivity contribution >= 4 is 27.5 Å². The van der Waals surface area contributed by atoms with Crippen LogP contribution in [0.5, 0.6) is 5.75 Å². The van der Waals surface area contributed by atoms with Gasteiger partial charge in [0.05, 0.1) is 13.7 Å². The van der Waals surface area contributed by atoms with Crippen molar-refractivity contribution in [2.45, 2.75) is 49.8 Å². The van der Waals surface area contributed by atoms with Crippen LogP contribution in [0.2, 0.25) is 0 Å². The molecule has 0 aliphatic carbocycles. The van der Waals surface area contributed by atoms with E-state index in [0.717, 1.165) is 51.6 Å². The molecule has 2 aliphatic rings. The van der Waals surface area contributed by atoms with Gasteiger partial charge in [-0.3, -0.25) is 14.5 Å². The lowest BCUT2D eigenvalue weighted by molar-refractivity contribution is -0.119. The van der Waals surface area contributed by atoms with Gasteiger partial charge in [0.1, 0.15) is 10.6 Å². The highest BCUT2D eigenvalue weighted by molar-refractivity contribution is 7.89. The number of methoxy groups -OCH3 is 1. The molecule has 32 heavy (non-hydrogen) atoms. The zero-order chi connectivity index (χ0) is 23.1. The number of hydrogen-bond acceptors (Lipinski definition) is 6. The van der Waals surface area contributed by atoms with Crippen molar-refractivity contribution < 1.29 is 22.7 Å². The lowest BCUT2D eigenvalue weighted by Crippen LogP contribution is -2.40. The number of benzene rings is 1. The Bertz CT molecular complexity index is 915. The summed E-state index contributed by atoms with van der Waals surface area (Å²) >= 11 is 0. The van der Waals surface area contributed by atoms with E-state index in [9.17, 15) is 18.0 Å². The van der Waals surface area contributed by atoms with E-state index < -0.39 is 10.0 Å². The van der Waals surface area contributed by atoms with Gasteiger partial charge < -0.3 is 15.8 Å². The molecule has 2 amide bonds. The Morgan fingerprint density at radius 3 is 2.59 bits per heavy atom. The summed E-state index contributed by atoms with van der Waals surface area (Å²) in [5.74, 6) is 0.120. The van der Waals surface area contributed by atoms with E-state index in [4.69, 9.17) is 10.5 Å². The van der Waals surface area contributed by atoms with Gasteiger partial charge in [-0.2, -0.15) is 4.31 Å². The summed E-state index contributed by atoms with van der Waals surface area (Å²) in [5.41, 5.74) is 5.68. The van der Waals surface area contributed by atoms with Crippen LogP contribution in [0.15, 0.2) is 23.1 Å². The maximum Gasteiger partial charge on any atom is 0.246 e. The molecule has 2 heterocycles. The minimum absolute atomic E-state index is 0.0733. The van der Waals surface area contributed by atoms with E-state index in [0.29, 0.717) is 31.1 Å². The third kappa shape index (κ3) is 6.43. The highest BCUT2D eigenvalue weighted by atomic mass is 32.2. The topological polar surface area (TPSA) is 122 Å². The Hall–Kier alpha value is -2.17. The molecule has 1 atom stereocenters. The van der Waals surface area contributed by atoms with Crippen LogP contribution in [-0.4, -0.2) is 69.3 Å². The predicted octanol–water partition coefficient (Wildman–Crippen LogP) is 1.79. The summed E-state index contributed by atoms with van der Waals surface area (Å²) in [4.78, 5) is 25.8. The molecule has 2 fully saturated rings. The molecule has 1 unspecified atom stereocenters. The van der Waals surface area contributed by atoms with Gasteiger partial charge in [-0.15, -0.1) is 0 Å². The summed E-state index contributed by atoms with van der Waals surface area (Å²) < 4.78 is 33.1. The second-order valence-corrected chi connectivity index (χ2v) is 10.5. The van der Waals surface area contributed by atoms with Crippen LogP contribution in [0, 0.1) is 5.92 Å². The Kier molecular flexibility index (Phi) is 8.50. The average molecular weight is 467 g/mol. The number of likely N-dealkylation sites (tertiary alicyclic amines) is 1.